The van der Waals surface area contributed by atoms with Gasteiger partial charge in [0.2, 0.25) is 5.95 Å². The van der Waals surface area contributed by atoms with Gasteiger partial charge in [-0.25, -0.2) is 9.50 Å². The van der Waals surface area contributed by atoms with Crippen molar-refractivity contribution in [2.45, 2.75) is 51.6 Å². The second kappa shape index (κ2) is 12.8. The van der Waals surface area contributed by atoms with Crippen LogP contribution in [0.25, 0.3) is 5.65 Å². The van der Waals surface area contributed by atoms with Gasteiger partial charge in [0.25, 0.3) is 11.8 Å². The van der Waals surface area contributed by atoms with Crippen molar-refractivity contribution in [2.75, 3.05) is 49.6 Å². The summed E-state index contributed by atoms with van der Waals surface area (Å²) >= 11 is 0. The number of imidazole rings is 1. The maximum atomic E-state index is 13.1. The molecule has 2 aliphatic rings. The first-order valence-electron chi connectivity index (χ1n) is 15.5. The van der Waals surface area contributed by atoms with E-state index in [0.29, 0.717) is 61.4 Å². The van der Waals surface area contributed by atoms with Gasteiger partial charge in [-0.05, 0) is 60.2 Å². The summed E-state index contributed by atoms with van der Waals surface area (Å²) in [6, 6.07) is 15.1. The molecule has 2 aromatic heterocycles. The number of nitrogens with zero attached hydrogens (tertiary/aromatic N) is 6. The molecule has 4 heterocycles. The minimum absolute atomic E-state index is 0.00827. The number of anilines is 3. The zero-order chi connectivity index (χ0) is 31.6. The van der Waals surface area contributed by atoms with Gasteiger partial charge < -0.3 is 30.9 Å². The Kier molecular flexibility index (Phi) is 8.68. The molecule has 2 saturated heterocycles. The van der Waals surface area contributed by atoms with E-state index in [2.05, 4.69) is 41.3 Å². The summed E-state index contributed by atoms with van der Waals surface area (Å²) in [7, 11) is 0. The second-order valence-corrected chi connectivity index (χ2v) is 12.6. The normalized spacial score (nSPS) is 17.4. The van der Waals surface area contributed by atoms with Crippen molar-refractivity contribution in [1.82, 2.24) is 29.8 Å². The summed E-state index contributed by atoms with van der Waals surface area (Å²) in [5.74, 6) is 0.949. The molecule has 0 saturated carbocycles. The van der Waals surface area contributed by atoms with Gasteiger partial charge in [0, 0.05) is 55.6 Å². The molecular formula is C33H41N9O3. The third-order valence-corrected chi connectivity index (χ3v) is 8.38. The van der Waals surface area contributed by atoms with Crippen molar-refractivity contribution in [3.63, 3.8) is 0 Å². The molecule has 12 nitrogen and oxygen atoms in total. The van der Waals surface area contributed by atoms with E-state index >= 15 is 0 Å². The molecule has 0 bridgehead atoms. The number of carbonyl (C=O) groups excluding carboxylic acids is 2. The number of hydrogen-bond donors (Lipinski definition) is 3. The fraction of sp³-hybridized carbons (Fsp3) is 0.424. The number of piperidine rings is 1. The summed E-state index contributed by atoms with van der Waals surface area (Å²) in [4.78, 5) is 39.3. The Morgan fingerprint density at radius 3 is 2.40 bits per heavy atom. The van der Waals surface area contributed by atoms with Gasteiger partial charge in [0.05, 0.1) is 25.1 Å². The zero-order valence-electron chi connectivity index (χ0n) is 26.1. The van der Waals surface area contributed by atoms with Crippen molar-refractivity contribution in [3.8, 4) is 0 Å². The number of carbonyl (C=O) groups is 2. The number of nitrogens with one attached hydrogen (secondary N) is 2. The van der Waals surface area contributed by atoms with Crippen LogP contribution in [0.3, 0.4) is 0 Å². The first-order chi connectivity index (χ1) is 21.7. The molecule has 0 unspecified atom stereocenters. The molecule has 0 radical (unpaired) electrons. The van der Waals surface area contributed by atoms with Crippen LogP contribution in [0.4, 0.5) is 17.5 Å². The molecule has 2 aliphatic heterocycles. The first kappa shape index (κ1) is 30.5. The van der Waals surface area contributed by atoms with Crippen LogP contribution in [0, 0.1) is 0 Å². The molecule has 4 N–H and O–H groups in total. The summed E-state index contributed by atoms with van der Waals surface area (Å²) < 4.78 is 7.09. The lowest BCUT2D eigenvalue weighted by Gasteiger charge is -2.33. The third-order valence-electron chi connectivity index (χ3n) is 8.38. The van der Waals surface area contributed by atoms with Gasteiger partial charge in [0.1, 0.15) is 0 Å². The van der Waals surface area contributed by atoms with Crippen LogP contribution in [0.5, 0.6) is 0 Å². The maximum Gasteiger partial charge on any atom is 0.254 e. The van der Waals surface area contributed by atoms with Gasteiger partial charge in [-0.15, -0.1) is 5.10 Å². The minimum Gasteiger partial charge on any atom is -0.378 e. The lowest BCUT2D eigenvalue weighted by atomic mass is 9.86. The number of hydrogen-bond acceptors (Lipinski definition) is 9. The van der Waals surface area contributed by atoms with E-state index in [-0.39, 0.29) is 29.8 Å². The molecular weight excluding hydrogens is 570 g/mol. The van der Waals surface area contributed by atoms with E-state index in [4.69, 9.17) is 20.6 Å². The molecule has 45 heavy (non-hydrogen) atoms. The van der Waals surface area contributed by atoms with E-state index in [0.717, 1.165) is 30.8 Å². The monoisotopic (exact) mass is 611 g/mol. The van der Waals surface area contributed by atoms with E-state index in [9.17, 15) is 9.59 Å². The summed E-state index contributed by atoms with van der Waals surface area (Å²) in [5, 5.41) is 11.4. The number of aromatic nitrogens is 4. The Balaban J connectivity index is 1.19. The highest BCUT2D eigenvalue weighted by Gasteiger charge is 2.26. The zero-order valence-corrected chi connectivity index (χ0v) is 26.1. The van der Waals surface area contributed by atoms with Gasteiger partial charge in [-0.1, -0.05) is 32.9 Å². The maximum absolute atomic E-state index is 13.1. The molecule has 2 fully saturated rings. The lowest BCUT2D eigenvalue weighted by molar-refractivity contribution is 0.0303. The molecule has 2 amide bonds. The number of nitrogens with two attached hydrogens (primary N) is 1. The van der Waals surface area contributed by atoms with E-state index in [1.165, 1.54) is 5.56 Å². The topological polar surface area (TPSA) is 143 Å². The molecule has 12 heteroatoms. The van der Waals surface area contributed by atoms with Gasteiger partial charge >= 0.3 is 0 Å². The van der Waals surface area contributed by atoms with E-state index < -0.39 is 0 Å². The quantitative estimate of drug-likeness (QED) is 0.286. The summed E-state index contributed by atoms with van der Waals surface area (Å²) in [6.45, 7) is 10.4. The van der Waals surface area contributed by atoms with Crippen LogP contribution < -0.4 is 21.3 Å². The Morgan fingerprint density at radius 1 is 1.00 bits per heavy atom. The van der Waals surface area contributed by atoms with Gasteiger partial charge in [-0.2, -0.15) is 4.98 Å². The van der Waals surface area contributed by atoms with Crippen LogP contribution in [0.15, 0.2) is 54.7 Å². The van der Waals surface area contributed by atoms with Crippen molar-refractivity contribution < 1.29 is 14.3 Å². The van der Waals surface area contributed by atoms with Gasteiger partial charge in [0.15, 0.2) is 11.5 Å². The number of ether oxygens (including phenoxy) is 1. The highest BCUT2D eigenvalue weighted by atomic mass is 16.5. The lowest BCUT2D eigenvalue weighted by Crippen LogP contribution is -2.48. The Bertz CT molecular complexity index is 1660. The molecule has 2 aromatic carbocycles. The van der Waals surface area contributed by atoms with Gasteiger partial charge in [-0.3, -0.25) is 9.59 Å². The van der Waals surface area contributed by atoms with Crippen LogP contribution in [0.1, 0.15) is 65.6 Å². The Hall–Kier alpha value is -4.55. The fourth-order valence-corrected chi connectivity index (χ4v) is 5.72. The first-order valence-corrected chi connectivity index (χ1v) is 15.5. The number of amides is 2. The molecule has 236 valence electrons. The van der Waals surface area contributed by atoms with Crippen LogP contribution in [0.2, 0.25) is 0 Å². The van der Waals surface area contributed by atoms with Crippen LogP contribution in [-0.4, -0.2) is 81.7 Å². The Morgan fingerprint density at radius 2 is 1.71 bits per heavy atom. The predicted molar refractivity (Wildman–Crippen MR) is 173 cm³/mol. The van der Waals surface area contributed by atoms with E-state index in [1.54, 1.807) is 10.7 Å². The van der Waals surface area contributed by atoms with Crippen molar-refractivity contribution in [1.29, 1.82) is 0 Å². The Labute approximate surface area is 263 Å². The number of rotatable bonds is 7. The van der Waals surface area contributed by atoms with Crippen LogP contribution >= 0.6 is 0 Å². The third kappa shape index (κ3) is 6.76. The average Bonchev–Trinajstić information content (AvgIpc) is 3.48. The SMILES string of the molecule is CC(C)(C)c1ccc(C(=O)N[C@@H]2CCCN(c3nc(Nc4ccc(C(=O)N5CCOCC5)cc4)c4ncc(CN)n4n3)C2)cc1. The highest BCUT2D eigenvalue weighted by molar-refractivity contribution is 5.95. The molecule has 0 spiro atoms. The highest BCUT2D eigenvalue weighted by Crippen LogP contribution is 2.26. The number of benzene rings is 2. The minimum atomic E-state index is -0.0865. The van der Waals surface area contributed by atoms with Crippen molar-refractivity contribution >= 4 is 34.9 Å². The summed E-state index contributed by atoms with van der Waals surface area (Å²) in [6.07, 6.45) is 3.45. The smallest absolute Gasteiger partial charge is 0.254 e. The predicted octanol–water partition coefficient (Wildman–Crippen LogP) is 3.50. The molecule has 6 rings (SSSR count). The van der Waals surface area contributed by atoms with Crippen LogP contribution in [-0.2, 0) is 16.7 Å². The second-order valence-electron chi connectivity index (χ2n) is 12.6. The summed E-state index contributed by atoms with van der Waals surface area (Å²) in [5.41, 5.74) is 10.6. The molecule has 1 atom stereocenters. The fourth-order valence-electron chi connectivity index (χ4n) is 5.72. The largest absolute Gasteiger partial charge is 0.378 e. The average molecular weight is 612 g/mol. The van der Waals surface area contributed by atoms with Crippen molar-refractivity contribution in [3.05, 3.63) is 77.1 Å². The number of fused-ring (bicyclic) bond motifs is 1. The molecule has 4 aromatic rings. The molecule has 0 aliphatic carbocycles. The number of morpholine rings is 1. The van der Waals surface area contributed by atoms with Crippen molar-refractivity contribution in [2.24, 2.45) is 5.73 Å². The standard InChI is InChI=1S/C33H41N9O3/c1-33(2,3)24-10-6-22(7-11-24)30(43)37-26-5-4-14-41(21-26)32-38-28(29-35-20-27(19-34)42(29)39-32)36-25-12-8-23(9-13-25)31(44)40-15-17-45-18-16-40/h6-13,20,26H,4-5,14-19,21,34H2,1-3H3,(H,37,43)(H,36,38,39)/t26-/m1/s1. The van der Waals surface area contributed by atoms with E-state index in [1.807, 2.05) is 53.4 Å².